The number of nitrogens with zero attached hydrogens (tertiary/aromatic N) is 3. The Kier molecular flexibility index (Phi) is 4.64. The Labute approximate surface area is 158 Å². The molecule has 1 amide bonds. The molecule has 3 aromatic rings. The summed E-state index contributed by atoms with van der Waals surface area (Å²) in [6.45, 7) is 3.43. The summed E-state index contributed by atoms with van der Waals surface area (Å²) in [6, 6.07) is 15.6. The average molecular weight is 362 g/mol. The molecule has 1 aromatic heterocycles. The number of carbonyl (C=O) groups is 1. The summed E-state index contributed by atoms with van der Waals surface area (Å²) in [5, 5.41) is 7.69. The number of amides is 1. The molecule has 0 spiro atoms. The summed E-state index contributed by atoms with van der Waals surface area (Å²) >= 11 is 0. The Morgan fingerprint density at radius 1 is 1.22 bits per heavy atom. The van der Waals surface area contributed by atoms with E-state index in [2.05, 4.69) is 23.4 Å². The van der Waals surface area contributed by atoms with Gasteiger partial charge in [0.1, 0.15) is 5.75 Å². The van der Waals surface area contributed by atoms with Crippen LogP contribution in [-0.4, -0.2) is 35.4 Å². The summed E-state index contributed by atoms with van der Waals surface area (Å²) in [6.07, 6.45) is 3.57. The van der Waals surface area contributed by atoms with Crippen LogP contribution >= 0.6 is 0 Å². The largest absolute Gasteiger partial charge is 0.496 e. The Hall–Kier alpha value is -3.12. The quantitative estimate of drug-likeness (QED) is 0.778. The second-order valence-corrected chi connectivity index (χ2v) is 6.66. The number of nitrogens with one attached hydrogen (secondary N) is 1. The van der Waals surface area contributed by atoms with Gasteiger partial charge in [-0.2, -0.15) is 5.10 Å². The zero-order chi connectivity index (χ0) is 18.8. The van der Waals surface area contributed by atoms with E-state index in [1.807, 2.05) is 53.6 Å². The minimum atomic E-state index is -0.0677. The van der Waals surface area contributed by atoms with Crippen molar-refractivity contribution < 1.29 is 9.53 Å². The van der Waals surface area contributed by atoms with Gasteiger partial charge in [0.25, 0.3) is 5.91 Å². The van der Waals surface area contributed by atoms with Gasteiger partial charge in [0.2, 0.25) is 0 Å². The maximum Gasteiger partial charge on any atom is 0.262 e. The maximum atomic E-state index is 13.4. The molecule has 0 unspecified atom stereocenters. The fourth-order valence-corrected chi connectivity index (χ4v) is 3.40. The number of methoxy groups -OCH3 is 1. The van der Waals surface area contributed by atoms with Crippen LogP contribution in [0, 0.1) is 0 Å². The maximum absolute atomic E-state index is 13.4. The number of ether oxygens (including phenoxy) is 1. The third-order valence-corrected chi connectivity index (χ3v) is 4.81. The van der Waals surface area contributed by atoms with E-state index in [1.165, 1.54) is 0 Å². The molecule has 6 nitrogen and oxygen atoms in total. The predicted molar refractivity (Wildman–Crippen MR) is 105 cm³/mol. The van der Waals surface area contributed by atoms with Crippen molar-refractivity contribution in [3.8, 4) is 11.4 Å². The summed E-state index contributed by atoms with van der Waals surface area (Å²) in [7, 11) is 1.58. The van der Waals surface area contributed by atoms with Crippen LogP contribution in [0.5, 0.6) is 5.75 Å². The van der Waals surface area contributed by atoms with E-state index in [-0.39, 0.29) is 11.9 Å². The Bertz CT molecular complexity index is 953. The van der Waals surface area contributed by atoms with E-state index in [4.69, 9.17) is 4.74 Å². The number of para-hydroxylation sites is 1. The highest BCUT2D eigenvalue weighted by Gasteiger charge is 2.27. The topological polar surface area (TPSA) is 59.4 Å². The van der Waals surface area contributed by atoms with E-state index >= 15 is 0 Å². The molecule has 2 heterocycles. The third kappa shape index (κ3) is 3.31. The van der Waals surface area contributed by atoms with Crippen LogP contribution in [0.25, 0.3) is 5.69 Å². The van der Waals surface area contributed by atoms with Crippen molar-refractivity contribution in [3.63, 3.8) is 0 Å². The van der Waals surface area contributed by atoms with Crippen LogP contribution in [0.1, 0.15) is 22.8 Å². The lowest BCUT2D eigenvalue weighted by Gasteiger charge is -2.25. The summed E-state index contributed by atoms with van der Waals surface area (Å²) in [4.78, 5) is 15.3. The first kappa shape index (κ1) is 17.3. The Balaban J connectivity index is 1.74. The lowest BCUT2D eigenvalue weighted by Crippen LogP contribution is -2.39. The average Bonchev–Trinajstić information content (AvgIpc) is 3.19. The Morgan fingerprint density at radius 3 is 2.85 bits per heavy atom. The van der Waals surface area contributed by atoms with Crippen molar-refractivity contribution in [1.82, 2.24) is 15.1 Å². The monoisotopic (exact) mass is 362 g/mol. The smallest absolute Gasteiger partial charge is 0.262 e. The van der Waals surface area contributed by atoms with Gasteiger partial charge in [-0.15, -0.1) is 0 Å². The fourth-order valence-electron chi connectivity index (χ4n) is 3.40. The number of aromatic nitrogens is 2. The zero-order valence-corrected chi connectivity index (χ0v) is 15.4. The second-order valence-electron chi connectivity index (χ2n) is 6.66. The third-order valence-electron chi connectivity index (χ3n) is 4.81. The molecule has 0 aliphatic carbocycles. The first-order valence-electron chi connectivity index (χ1n) is 8.98. The molecule has 1 aliphatic heterocycles. The van der Waals surface area contributed by atoms with E-state index < -0.39 is 0 Å². The highest BCUT2D eigenvalue weighted by molar-refractivity contribution is 6.08. The van der Waals surface area contributed by atoms with Crippen molar-refractivity contribution in [2.24, 2.45) is 0 Å². The van der Waals surface area contributed by atoms with Gasteiger partial charge in [-0.25, -0.2) is 4.68 Å². The van der Waals surface area contributed by atoms with E-state index in [0.29, 0.717) is 17.9 Å². The standard InChI is InChI=1S/C21H22N4O2/c1-15-14-24(19-7-4-3-6-16(19)13-22-15)21(26)18-9-8-17(12-20(18)27-2)25-11-5-10-23-25/h3-12,15,22H,13-14H2,1-2H3/t15-/m1/s1. The molecule has 2 aromatic carbocycles. The molecule has 1 aliphatic rings. The number of benzene rings is 2. The van der Waals surface area contributed by atoms with Gasteiger partial charge in [0, 0.05) is 43.3 Å². The van der Waals surface area contributed by atoms with Crippen LogP contribution in [0.4, 0.5) is 5.69 Å². The lowest BCUT2D eigenvalue weighted by atomic mass is 10.1. The zero-order valence-electron chi connectivity index (χ0n) is 15.4. The number of anilines is 1. The van der Waals surface area contributed by atoms with Crippen molar-refractivity contribution >= 4 is 11.6 Å². The van der Waals surface area contributed by atoms with Gasteiger partial charge in [0.15, 0.2) is 0 Å². The number of carbonyl (C=O) groups excluding carboxylic acids is 1. The van der Waals surface area contributed by atoms with Crippen LogP contribution in [-0.2, 0) is 6.54 Å². The van der Waals surface area contributed by atoms with Gasteiger partial charge >= 0.3 is 0 Å². The summed E-state index contributed by atoms with van der Waals surface area (Å²) < 4.78 is 7.28. The molecule has 0 bridgehead atoms. The molecule has 27 heavy (non-hydrogen) atoms. The molecule has 1 atom stereocenters. The first-order chi connectivity index (χ1) is 13.2. The minimum Gasteiger partial charge on any atom is -0.496 e. The first-order valence-corrected chi connectivity index (χ1v) is 8.98. The Morgan fingerprint density at radius 2 is 2.07 bits per heavy atom. The van der Waals surface area contributed by atoms with Gasteiger partial charge in [-0.3, -0.25) is 4.79 Å². The van der Waals surface area contributed by atoms with Crippen molar-refractivity contribution in [2.75, 3.05) is 18.6 Å². The van der Waals surface area contributed by atoms with E-state index in [0.717, 1.165) is 23.5 Å². The molecule has 0 radical (unpaired) electrons. The fraction of sp³-hybridized carbons (Fsp3) is 0.238. The molecule has 0 saturated carbocycles. The van der Waals surface area contributed by atoms with Crippen LogP contribution in [0.15, 0.2) is 60.9 Å². The molecule has 4 rings (SSSR count). The van der Waals surface area contributed by atoms with E-state index in [1.54, 1.807) is 18.0 Å². The molecule has 6 heteroatoms. The van der Waals surface area contributed by atoms with Crippen LogP contribution < -0.4 is 15.0 Å². The van der Waals surface area contributed by atoms with Gasteiger partial charge < -0.3 is 15.0 Å². The molecular formula is C21H22N4O2. The van der Waals surface area contributed by atoms with E-state index in [9.17, 15) is 4.79 Å². The van der Waals surface area contributed by atoms with Crippen LogP contribution in [0.2, 0.25) is 0 Å². The molecule has 0 saturated heterocycles. The lowest BCUT2D eigenvalue weighted by molar-refractivity contribution is 0.0982. The summed E-state index contributed by atoms with van der Waals surface area (Å²) in [5.74, 6) is 0.470. The van der Waals surface area contributed by atoms with Crippen molar-refractivity contribution in [3.05, 3.63) is 72.1 Å². The van der Waals surface area contributed by atoms with Gasteiger partial charge in [-0.1, -0.05) is 18.2 Å². The number of hydrogen-bond donors (Lipinski definition) is 1. The van der Waals surface area contributed by atoms with Crippen molar-refractivity contribution in [1.29, 1.82) is 0 Å². The SMILES string of the molecule is COc1cc(-n2cccn2)ccc1C(=O)N1C[C@@H](C)NCc2ccccc21. The number of hydrogen-bond acceptors (Lipinski definition) is 4. The summed E-state index contributed by atoms with van der Waals surface area (Å²) in [5.41, 5.74) is 3.44. The number of rotatable bonds is 3. The molecule has 0 fully saturated rings. The van der Waals surface area contributed by atoms with Gasteiger partial charge in [-0.05, 0) is 36.8 Å². The normalized spacial score (nSPS) is 16.5. The molecular weight excluding hydrogens is 340 g/mol. The number of fused-ring (bicyclic) bond motifs is 1. The molecule has 1 N–H and O–H groups in total. The van der Waals surface area contributed by atoms with Gasteiger partial charge in [0.05, 0.1) is 18.4 Å². The molecule has 138 valence electrons. The second kappa shape index (κ2) is 7.25. The highest BCUT2D eigenvalue weighted by Crippen LogP contribution is 2.29. The highest BCUT2D eigenvalue weighted by atomic mass is 16.5. The predicted octanol–water partition coefficient (Wildman–Crippen LogP) is 3.02. The van der Waals surface area contributed by atoms with Crippen molar-refractivity contribution in [2.45, 2.75) is 19.5 Å². The van der Waals surface area contributed by atoms with Crippen LogP contribution in [0.3, 0.4) is 0 Å². The minimum absolute atomic E-state index is 0.0677.